The van der Waals surface area contributed by atoms with Crippen molar-refractivity contribution in [2.75, 3.05) is 24.4 Å². The molecular weight excluding hydrogens is 460 g/mol. The van der Waals surface area contributed by atoms with Gasteiger partial charge >= 0.3 is 0 Å². The third-order valence-electron chi connectivity index (χ3n) is 4.35. The molecule has 1 aromatic heterocycles. The highest BCUT2D eigenvalue weighted by atomic mass is 79.9. The predicted octanol–water partition coefficient (Wildman–Crippen LogP) is 2.66. The van der Waals surface area contributed by atoms with Crippen molar-refractivity contribution < 1.29 is 9.59 Å². The summed E-state index contributed by atoms with van der Waals surface area (Å²) in [5.74, 6) is -0.921. The molecular formula is C19H16BrClN6O2. The topological polar surface area (TPSA) is 101 Å². The van der Waals surface area contributed by atoms with Crippen LogP contribution in [0.15, 0.2) is 59.9 Å². The molecule has 148 valence electrons. The first-order valence-electron chi connectivity index (χ1n) is 8.43. The third-order valence-corrected chi connectivity index (χ3v) is 5.92. The van der Waals surface area contributed by atoms with E-state index in [1.54, 1.807) is 43.4 Å². The molecule has 8 nitrogen and oxygen atoms in total. The Bertz CT molecular complexity index is 1040. The molecule has 2 heterocycles. The van der Waals surface area contributed by atoms with E-state index in [-0.39, 0.29) is 22.1 Å². The summed E-state index contributed by atoms with van der Waals surface area (Å²) in [5, 5.41) is 18.1. The summed E-state index contributed by atoms with van der Waals surface area (Å²) >= 11 is 9.67. The number of benzene rings is 1. The zero-order valence-corrected chi connectivity index (χ0v) is 17.8. The minimum absolute atomic E-state index is 0.0695. The Morgan fingerprint density at radius 1 is 1.24 bits per heavy atom. The van der Waals surface area contributed by atoms with Crippen LogP contribution in [0.5, 0.6) is 0 Å². The lowest BCUT2D eigenvalue weighted by Gasteiger charge is -2.35. The van der Waals surface area contributed by atoms with Crippen LogP contribution in [0.1, 0.15) is 0 Å². The van der Waals surface area contributed by atoms with Gasteiger partial charge in [0, 0.05) is 26.0 Å². The molecule has 0 saturated carbocycles. The molecule has 10 heteroatoms. The van der Waals surface area contributed by atoms with E-state index >= 15 is 0 Å². The number of para-hydroxylation sites is 1. The van der Waals surface area contributed by atoms with Gasteiger partial charge in [-0.3, -0.25) is 9.59 Å². The van der Waals surface area contributed by atoms with Crippen LogP contribution in [0.25, 0.3) is 0 Å². The first-order chi connectivity index (χ1) is 13.9. The number of amides is 2. The van der Waals surface area contributed by atoms with Crippen LogP contribution in [-0.2, 0) is 9.59 Å². The number of hydrazine groups is 1. The summed E-state index contributed by atoms with van der Waals surface area (Å²) in [6, 6.07) is 14.0. The molecule has 0 spiro atoms. The SMILES string of the molecule is CNC(=O)C1(Br)C(C#N)=C(C(=O)Nc2ccccc2)N(c2ncccc2Cl)N1C. The number of nitrogens with one attached hydrogen (secondary N) is 2. The second kappa shape index (κ2) is 8.21. The molecule has 0 fully saturated rings. The Balaban J connectivity index is 2.20. The van der Waals surface area contributed by atoms with Crippen molar-refractivity contribution in [3.05, 3.63) is 65.0 Å². The maximum Gasteiger partial charge on any atom is 0.275 e. The molecule has 2 N–H and O–H groups in total. The van der Waals surface area contributed by atoms with Crippen LogP contribution in [-0.4, -0.2) is 40.4 Å². The fraction of sp³-hybridized carbons (Fsp3) is 0.158. The summed E-state index contributed by atoms with van der Waals surface area (Å²) < 4.78 is -1.62. The van der Waals surface area contributed by atoms with Crippen LogP contribution >= 0.6 is 27.5 Å². The van der Waals surface area contributed by atoms with Gasteiger partial charge in [-0.1, -0.05) is 29.8 Å². The molecule has 1 unspecified atom stereocenters. The first kappa shape index (κ1) is 20.8. The molecule has 0 radical (unpaired) electrons. The van der Waals surface area contributed by atoms with Crippen LogP contribution in [0, 0.1) is 11.3 Å². The van der Waals surface area contributed by atoms with Crippen molar-refractivity contribution in [2.24, 2.45) is 0 Å². The monoisotopic (exact) mass is 474 g/mol. The molecule has 2 aromatic rings. The Labute approximate surface area is 180 Å². The van der Waals surface area contributed by atoms with Crippen molar-refractivity contribution in [3.8, 4) is 6.07 Å². The van der Waals surface area contributed by atoms with E-state index in [1.165, 1.54) is 23.3 Å². The number of aromatic nitrogens is 1. The van der Waals surface area contributed by atoms with E-state index in [2.05, 4.69) is 31.5 Å². The maximum absolute atomic E-state index is 13.2. The molecule has 1 aliphatic rings. The number of halogens is 2. The molecule has 1 aliphatic heterocycles. The van der Waals surface area contributed by atoms with Crippen molar-refractivity contribution >= 4 is 50.9 Å². The van der Waals surface area contributed by atoms with Gasteiger partial charge in [-0.2, -0.15) is 10.3 Å². The number of hydrogen-bond acceptors (Lipinski definition) is 6. The van der Waals surface area contributed by atoms with Gasteiger partial charge in [-0.05, 0) is 40.2 Å². The van der Waals surface area contributed by atoms with Crippen molar-refractivity contribution in [3.63, 3.8) is 0 Å². The number of carbonyl (C=O) groups excluding carboxylic acids is 2. The molecule has 3 rings (SSSR count). The number of alkyl halides is 1. The molecule has 1 atom stereocenters. The fourth-order valence-electron chi connectivity index (χ4n) is 2.97. The Kier molecular flexibility index (Phi) is 5.88. The number of rotatable bonds is 4. The average molecular weight is 476 g/mol. The standard InChI is InChI=1S/C19H16BrClN6O2/c1-23-18(29)19(20)13(11-22)15(17(28)25-12-7-4-3-5-8-12)27(26(19)2)16-14(21)9-6-10-24-16/h3-10H,1-2H3,(H,23,29)(H,25,28). The Morgan fingerprint density at radius 2 is 1.93 bits per heavy atom. The number of pyridine rings is 1. The van der Waals surface area contributed by atoms with E-state index in [1.807, 2.05) is 12.1 Å². The van der Waals surface area contributed by atoms with Crippen LogP contribution < -0.4 is 15.6 Å². The fourth-order valence-corrected chi connectivity index (χ4v) is 3.80. The number of nitriles is 1. The molecule has 0 bridgehead atoms. The summed E-state index contributed by atoms with van der Waals surface area (Å²) in [4.78, 5) is 30.2. The number of likely N-dealkylation sites (N-methyl/N-ethyl adjacent to an activating group) is 2. The van der Waals surface area contributed by atoms with E-state index in [4.69, 9.17) is 11.6 Å². The first-order valence-corrected chi connectivity index (χ1v) is 9.60. The number of carbonyl (C=O) groups is 2. The summed E-state index contributed by atoms with van der Waals surface area (Å²) in [5.41, 5.74) is 0.360. The summed E-state index contributed by atoms with van der Waals surface area (Å²) in [6.45, 7) is 0. The average Bonchev–Trinajstić information content (AvgIpc) is 2.96. The van der Waals surface area contributed by atoms with E-state index in [9.17, 15) is 14.9 Å². The third kappa shape index (κ3) is 3.46. The minimum atomic E-state index is -1.62. The van der Waals surface area contributed by atoms with Crippen molar-refractivity contribution in [2.45, 2.75) is 4.45 Å². The highest BCUT2D eigenvalue weighted by Gasteiger charge is 2.56. The van der Waals surface area contributed by atoms with Gasteiger partial charge in [-0.15, -0.1) is 0 Å². The van der Waals surface area contributed by atoms with Gasteiger partial charge in [0.15, 0.2) is 5.82 Å². The van der Waals surface area contributed by atoms with Gasteiger partial charge in [-0.25, -0.2) is 9.99 Å². The van der Waals surface area contributed by atoms with Gasteiger partial charge < -0.3 is 10.6 Å². The highest BCUT2D eigenvalue weighted by Crippen LogP contribution is 2.45. The predicted molar refractivity (Wildman–Crippen MR) is 113 cm³/mol. The van der Waals surface area contributed by atoms with Crippen LogP contribution in [0.4, 0.5) is 11.5 Å². The highest BCUT2D eigenvalue weighted by molar-refractivity contribution is 9.10. The number of hydrogen-bond donors (Lipinski definition) is 2. The molecule has 0 aliphatic carbocycles. The zero-order chi connectivity index (χ0) is 21.2. The van der Waals surface area contributed by atoms with Crippen molar-refractivity contribution in [1.29, 1.82) is 5.26 Å². The number of anilines is 2. The van der Waals surface area contributed by atoms with E-state index < -0.39 is 16.3 Å². The maximum atomic E-state index is 13.2. The minimum Gasteiger partial charge on any atom is -0.356 e. The van der Waals surface area contributed by atoms with Gasteiger partial charge in [0.1, 0.15) is 17.3 Å². The molecule has 2 amide bonds. The lowest BCUT2D eigenvalue weighted by atomic mass is 10.1. The Morgan fingerprint density at radius 3 is 2.52 bits per heavy atom. The van der Waals surface area contributed by atoms with E-state index in [0.29, 0.717) is 5.69 Å². The van der Waals surface area contributed by atoms with Gasteiger partial charge in [0.25, 0.3) is 11.8 Å². The van der Waals surface area contributed by atoms with Gasteiger partial charge in [0.2, 0.25) is 4.45 Å². The normalized spacial score (nSPS) is 19.1. The van der Waals surface area contributed by atoms with E-state index in [0.717, 1.165) is 0 Å². The lowest BCUT2D eigenvalue weighted by Crippen LogP contribution is -2.55. The van der Waals surface area contributed by atoms with Crippen LogP contribution in [0.3, 0.4) is 0 Å². The largest absolute Gasteiger partial charge is 0.356 e. The molecule has 0 saturated heterocycles. The number of nitrogens with zero attached hydrogens (tertiary/aromatic N) is 4. The smallest absolute Gasteiger partial charge is 0.275 e. The molecule has 1 aromatic carbocycles. The zero-order valence-electron chi connectivity index (χ0n) is 15.5. The quantitative estimate of drug-likeness (QED) is 0.521. The second-order valence-electron chi connectivity index (χ2n) is 6.00. The summed E-state index contributed by atoms with van der Waals surface area (Å²) in [6.07, 6.45) is 1.50. The lowest BCUT2D eigenvalue weighted by molar-refractivity contribution is -0.125. The van der Waals surface area contributed by atoms with Crippen molar-refractivity contribution in [1.82, 2.24) is 15.3 Å². The molecule has 29 heavy (non-hydrogen) atoms. The summed E-state index contributed by atoms with van der Waals surface area (Å²) in [7, 11) is 2.99. The van der Waals surface area contributed by atoms with Crippen LogP contribution in [0.2, 0.25) is 5.02 Å². The second-order valence-corrected chi connectivity index (χ2v) is 7.56. The van der Waals surface area contributed by atoms with Gasteiger partial charge in [0.05, 0.1) is 5.02 Å². The Hall–Kier alpha value is -2.93.